The van der Waals surface area contributed by atoms with E-state index in [1.807, 2.05) is 65.9 Å². The summed E-state index contributed by atoms with van der Waals surface area (Å²) in [6.07, 6.45) is 0. The topological polar surface area (TPSA) is 51.8 Å². The Balaban J connectivity index is 1.14. The van der Waals surface area contributed by atoms with Gasteiger partial charge in [0.25, 0.3) is 0 Å². The molecule has 3 aromatic heterocycles. The zero-order chi connectivity index (χ0) is 29.0. The maximum Gasteiger partial charge on any atom is 0.164 e. The maximum absolute atomic E-state index is 6.17. The number of thiophene rings is 1. The summed E-state index contributed by atoms with van der Waals surface area (Å²) in [5.74, 6) is 1.87. The van der Waals surface area contributed by atoms with Gasteiger partial charge in [0.2, 0.25) is 0 Å². The van der Waals surface area contributed by atoms with Crippen molar-refractivity contribution in [3.05, 3.63) is 140 Å². The molecule has 6 aromatic carbocycles. The van der Waals surface area contributed by atoms with Gasteiger partial charge in [-0.05, 0) is 47.5 Å². The van der Waals surface area contributed by atoms with E-state index in [2.05, 4.69) is 84.9 Å². The Labute approximate surface area is 256 Å². The van der Waals surface area contributed by atoms with Gasteiger partial charge in [-0.2, -0.15) is 0 Å². The van der Waals surface area contributed by atoms with Gasteiger partial charge in [-0.15, -0.1) is 11.3 Å². The molecule has 0 saturated heterocycles. The Morgan fingerprint density at radius 1 is 0.364 bits per heavy atom. The van der Waals surface area contributed by atoms with Crippen LogP contribution < -0.4 is 0 Å². The molecule has 0 fully saturated rings. The van der Waals surface area contributed by atoms with Crippen LogP contribution >= 0.6 is 11.3 Å². The molecule has 3 heterocycles. The lowest BCUT2D eigenvalue weighted by Gasteiger charge is -2.09. The molecular formula is C39H23N3OS. The molecule has 4 nitrogen and oxygen atoms in total. The summed E-state index contributed by atoms with van der Waals surface area (Å²) < 4.78 is 8.79. The van der Waals surface area contributed by atoms with E-state index in [-0.39, 0.29) is 0 Å². The smallest absolute Gasteiger partial charge is 0.164 e. The fraction of sp³-hybridized carbons (Fsp3) is 0. The lowest BCUT2D eigenvalue weighted by Crippen LogP contribution is -2.00. The molecule has 9 aromatic rings. The number of benzene rings is 6. The van der Waals surface area contributed by atoms with Crippen molar-refractivity contribution in [2.24, 2.45) is 0 Å². The van der Waals surface area contributed by atoms with Crippen LogP contribution in [0.2, 0.25) is 0 Å². The molecule has 206 valence electrons. The molecule has 0 bridgehead atoms. The predicted molar refractivity (Wildman–Crippen MR) is 182 cm³/mol. The third-order valence-electron chi connectivity index (χ3n) is 8.16. The van der Waals surface area contributed by atoms with Crippen LogP contribution in [0.1, 0.15) is 0 Å². The van der Waals surface area contributed by atoms with Crippen LogP contribution in [0.3, 0.4) is 0 Å². The van der Waals surface area contributed by atoms with Crippen molar-refractivity contribution < 1.29 is 4.42 Å². The number of furan rings is 1. The number of nitrogens with zero attached hydrogens (tertiary/aromatic N) is 3. The highest BCUT2D eigenvalue weighted by Crippen LogP contribution is 2.37. The van der Waals surface area contributed by atoms with Crippen LogP contribution in [0, 0.1) is 0 Å². The normalized spacial score (nSPS) is 11.6. The zero-order valence-electron chi connectivity index (χ0n) is 23.4. The van der Waals surface area contributed by atoms with Gasteiger partial charge in [-0.25, -0.2) is 15.0 Å². The van der Waals surface area contributed by atoms with Gasteiger partial charge < -0.3 is 4.42 Å². The van der Waals surface area contributed by atoms with Crippen LogP contribution in [0.25, 0.3) is 87.4 Å². The zero-order valence-corrected chi connectivity index (χ0v) is 24.3. The largest absolute Gasteiger partial charge is 0.456 e. The van der Waals surface area contributed by atoms with E-state index in [1.54, 1.807) is 0 Å². The number of aromatic nitrogens is 3. The second kappa shape index (κ2) is 9.97. The molecule has 0 amide bonds. The summed E-state index contributed by atoms with van der Waals surface area (Å²) in [6.45, 7) is 0. The Morgan fingerprint density at radius 2 is 0.932 bits per heavy atom. The van der Waals surface area contributed by atoms with Gasteiger partial charge in [-0.1, -0.05) is 103 Å². The first kappa shape index (κ1) is 24.9. The monoisotopic (exact) mass is 581 g/mol. The molecule has 0 atom stereocenters. The summed E-state index contributed by atoms with van der Waals surface area (Å²) in [5, 5.41) is 4.77. The maximum atomic E-state index is 6.17. The summed E-state index contributed by atoms with van der Waals surface area (Å²) in [5.41, 5.74) is 6.77. The van der Waals surface area contributed by atoms with Gasteiger partial charge in [0.15, 0.2) is 17.5 Å². The fourth-order valence-corrected chi connectivity index (χ4v) is 7.02. The van der Waals surface area contributed by atoms with Crippen molar-refractivity contribution in [1.82, 2.24) is 15.0 Å². The molecule has 0 aliphatic rings. The molecule has 0 N–H and O–H groups in total. The van der Waals surface area contributed by atoms with Crippen molar-refractivity contribution in [2.45, 2.75) is 0 Å². The molecule has 0 unspecified atom stereocenters. The molecule has 5 heteroatoms. The molecule has 9 rings (SSSR count). The number of hydrogen-bond acceptors (Lipinski definition) is 5. The SMILES string of the molecule is c1ccc(-c2nc(-c3ccc(-c4ccc5sc6ccccc6c5c4)cc3)nc(-c3ccc4c(c3)oc3ccccc34)n2)cc1. The second-order valence-corrected chi connectivity index (χ2v) is 12.0. The molecule has 0 radical (unpaired) electrons. The molecule has 0 aliphatic heterocycles. The summed E-state index contributed by atoms with van der Waals surface area (Å²) in [6, 6.07) is 48.2. The second-order valence-electron chi connectivity index (χ2n) is 10.9. The summed E-state index contributed by atoms with van der Waals surface area (Å²) >= 11 is 1.84. The minimum atomic E-state index is 0.607. The first-order valence-corrected chi connectivity index (χ1v) is 15.3. The van der Waals surface area contributed by atoms with Crippen molar-refractivity contribution in [3.8, 4) is 45.3 Å². The third-order valence-corrected chi connectivity index (χ3v) is 9.31. The molecule has 0 spiro atoms. The van der Waals surface area contributed by atoms with Crippen LogP contribution in [0.15, 0.2) is 144 Å². The molecular weight excluding hydrogens is 559 g/mol. The Morgan fingerprint density at radius 3 is 1.75 bits per heavy atom. The van der Waals surface area contributed by atoms with Crippen molar-refractivity contribution in [1.29, 1.82) is 0 Å². The number of fused-ring (bicyclic) bond motifs is 6. The van der Waals surface area contributed by atoms with Gasteiger partial charge in [-0.3, -0.25) is 0 Å². The van der Waals surface area contributed by atoms with Crippen molar-refractivity contribution >= 4 is 53.4 Å². The van der Waals surface area contributed by atoms with Gasteiger partial charge in [0.1, 0.15) is 11.2 Å². The quantitative estimate of drug-likeness (QED) is 0.207. The number of hydrogen-bond donors (Lipinski definition) is 0. The van der Waals surface area contributed by atoms with Gasteiger partial charge in [0.05, 0.1) is 0 Å². The number of para-hydroxylation sites is 1. The van der Waals surface area contributed by atoms with E-state index in [4.69, 9.17) is 19.4 Å². The summed E-state index contributed by atoms with van der Waals surface area (Å²) in [7, 11) is 0. The highest BCUT2D eigenvalue weighted by molar-refractivity contribution is 7.25. The standard InChI is InChI=1S/C39H23N3OS/c1-2-8-25(9-3-1)37-40-38(42-39(41-37)28-18-20-30-29-10-4-6-12-33(29)43-34(30)23-28)26-16-14-24(15-17-26)27-19-21-36-32(22-27)31-11-5-7-13-35(31)44-36/h1-23H. The van der Waals surface area contributed by atoms with Gasteiger partial charge in [0, 0.05) is 47.6 Å². The van der Waals surface area contributed by atoms with E-state index in [1.165, 1.54) is 25.7 Å². The van der Waals surface area contributed by atoms with Crippen LogP contribution in [-0.2, 0) is 0 Å². The van der Waals surface area contributed by atoms with E-state index in [0.29, 0.717) is 17.5 Å². The fourth-order valence-electron chi connectivity index (χ4n) is 5.93. The van der Waals surface area contributed by atoms with Crippen LogP contribution in [-0.4, -0.2) is 15.0 Å². The minimum Gasteiger partial charge on any atom is -0.456 e. The van der Waals surface area contributed by atoms with E-state index in [0.717, 1.165) is 44.2 Å². The van der Waals surface area contributed by atoms with Crippen molar-refractivity contribution in [2.75, 3.05) is 0 Å². The molecule has 44 heavy (non-hydrogen) atoms. The lowest BCUT2D eigenvalue weighted by atomic mass is 10.0. The number of rotatable bonds is 4. The average molecular weight is 582 g/mol. The van der Waals surface area contributed by atoms with Gasteiger partial charge >= 0.3 is 0 Å². The van der Waals surface area contributed by atoms with Crippen LogP contribution in [0.4, 0.5) is 0 Å². The summed E-state index contributed by atoms with van der Waals surface area (Å²) in [4.78, 5) is 14.8. The Hall–Kier alpha value is -5.65. The Bertz CT molecular complexity index is 2490. The Kier molecular flexibility index (Phi) is 5.64. The first-order chi connectivity index (χ1) is 21.8. The predicted octanol–water partition coefficient (Wildman–Crippen LogP) is 10.8. The van der Waals surface area contributed by atoms with Crippen LogP contribution in [0.5, 0.6) is 0 Å². The minimum absolute atomic E-state index is 0.607. The molecule has 0 saturated carbocycles. The lowest BCUT2D eigenvalue weighted by molar-refractivity contribution is 0.669. The highest BCUT2D eigenvalue weighted by Gasteiger charge is 2.15. The van der Waals surface area contributed by atoms with E-state index in [9.17, 15) is 0 Å². The van der Waals surface area contributed by atoms with Crippen molar-refractivity contribution in [3.63, 3.8) is 0 Å². The molecule has 0 aliphatic carbocycles. The van der Waals surface area contributed by atoms with E-state index < -0.39 is 0 Å². The third kappa shape index (κ3) is 4.17. The highest BCUT2D eigenvalue weighted by atomic mass is 32.1. The van der Waals surface area contributed by atoms with E-state index >= 15 is 0 Å². The first-order valence-electron chi connectivity index (χ1n) is 14.5. The average Bonchev–Trinajstić information content (AvgIpc) is 3.66.